The van der Waals surface area contributed by atoms with Crippen molar-refractivity contribution in [3.8, 4) is 0 Å². The molecule has 0 aromatic heterocycles. The van der Waals surface area contributed by atoms with Crippen molar-refractivity contribution in [3.63, 3.8) is 0 Å². The maximum Gasteiger partial charge on any atom is 0.338 e. The Balaban J connectivity index is 1.93. The molecule has 0 radical (unpaired) electrons. The number of hydrogen-bond donors (Lipinski definition) is 2. The number of carbonyl (C=O) groups is 4. The summed E-state index contributed by atoms with van der Waals surface area (Å²) in [5, 5.41) is 5.40. The van der Waals surface area contributed by atoms with Gasteiger partial charge in [-0.15, -0.1) is 0 Å². The Labute approximate surface area is 163 Å². The molecule has 9 heteroatoms. The molecule has 9 nitrogen and oxygen atoms in total. The predicted octanol–water partition coefficient (Wildman–Crippen LogP) is 0.555. The van der Waals surface area contributed by atoms with Crippen molar-refractivity contribution in [3.05, 3.63) is 29.8 Å². The first kappa shape index (κ1) is 21.4. The largest absolute Gasteiger partial charge is 0.469 e. The summed E-state index contributed by atoms with van der Waals surface area (Å²) in [4.78, 5) is 49.4. The zero-order chi connectivity index (χ0) is 20.5. The zero-order valence-electron chi connectivity index (χ0n) is 16.0. The number of anilines is 1. The van der Waals surface area contributed by atoms with Crippen LogP contribution in [0.15, 0.2) is 24.3 Å². The number of amides is 2. The molecule has 0 aliphatic carbocycles. The standard InChI is InChI=1S/C19H25N3O6/c1-3-10-28-19(26)13-4-6-14(7-5-13)21-16(23)12-22-9-8-20-18(25)15(22)11-17(24)27-2/h4-7,15H,3,8-12H2,1-2H3,(H,20,25)(H,21,23). The van der Waals surface area contributed by atoms with Gasteiger partial charge in [-0.25, -0.2) is 4.79 Å². The van der Waals surface area contributed by atoms with Gasteiger partial charge in [0.15, 0.2) is 0 Å². The Morgan fingerprint density at radius 2 is 1.96 bits per heavy atom. The molecule has 1 unspecified atom stereocenters. The number of benzene rings is 1. The highest BCUT2D eigenvalue weighted by atomic mass is 16.5. The van der Waals surface area contributed by atoms with Crippen LogP contribution in [0.1, 0.15) is 30.1 Å². The van der Waals surface area contributed by atoms with Gasteiger partial charge in [0, 0.05) is 18.8 Å². The molecule has 1 atom stereocenters. The number of nitrogens with one attached hydrogen (secondary N) is 2. The fraction of sp³-hybridized carbons (Fsp3) is 0.474. The smallest absolute Gasteiger partial charge is 0.338 e. The summed E-state index contributed by atoms with van der Waals surface area (Å²) in [6.07, 6.45) is 0.621. The monoisotopic (exact) mass is 391 g/mol. The quantitative estimate of drug-likeness (QED) is 0.622. The molecule has 1 aliphatic heterocycles. The molecule has 1 aliphatic rings. The van der Waals surface area contributed by atoms with Crippen LogP contribution in [0.2, 0.25) is 0 Å². The lowest BCUT2D eigenvalue weighted by Crippen LogP contribution is -2.57. The maximum absolute atomic E-state index is 12.4. The zero-order valence-corrected chi connectivity index (χ0v) is 16.0. The summed E-state index contributed by atoms with van der Waals surface area (Å²) < 4.78 is 9.67. The number of nitrogens with zero attached hydrogens (tertiary/aromatic N) is 1. The maximum atomic E-state index is 12.4. The van der Waals surface area contributed by atoms with E-state index < -0.39 is 18.0 Å². The molecule has 2 N–H and O–H groups in total. The van der Waals surface area contributed by atoms with Crippen molar-refractivity contribution in [1.29, 1.82) is 0 Å². The first-order valence-corrected chi connectivity index (χ1v) is 9.10. The van der Waals surface area contributed by atoms with Crippen molar-refractivity contribution < 1.29 is 28.7 Å². The van der Waals surface area contributed by atoms with Gasteiger partial charge in [0.2, 0.25) is 11.8 Å². The van der Waals surface area contributed by atoms with E-state index in [0.29, 0.717) is 30.9 Å². The van der Waals surface area contributed by atoms with Crippen LogP contribution in [0, 0.1) is 0 Å². The van der Waals surface area contributed by atoms with Gasteiger partial charge >= 0.3 is 11.9 Å². The van der Waals surface area contributed by atoms with Crippen LogP contribution in [0.4, 0.5) is 5.69 Å². The van der Waals surface area contributed by atoms with E-state index in [1.54, 1.807) is 29.2 Å². The van der Waals surface area contributed by atoms with Gasteiger partial charge < -0.3 is 20.1 Å². The number of hydrogen-bond acceptors (Lipinski definition) is 7. The summed E-state index contributed by atoms with van der Waals surface area (Å²) in [5.74, 6) is -1.56. The van der Waals surface area contributed by atoms with E-state index in [9.17, 15) is 19.2 Å². The second-order valence-corrected chi connectivity index (χ2v) is 6.32. The number of carbonyl (C=O) groups excluding carboxylic acids is 4. The molecule has 1 fully saturated rings. The van der Waals surface area contributed by atoms with Gasteiger partial charge in [-0.1, -0.05) is 6.92 Å². The normalized spacial score (nSPS) is 16.8. The van der Waals surface area contributed by atoms with Crippen molar-refractivity contribution in [1.82, 2.24) is 10.2 Å². The highest BCUT2D eigenvalue weighted by Crippen LogP contribution is 2.13. The molecule has 0 saturated carbocycles. The van der Waals surface area contributed by atoms with E-state index in [1.165, 1.54) is 7.11 Å². The highest BCUT2D eigenvalue weighted by molar-refractivity contribution is 5.95. The molecular weight excluding hydrogens is 366 g/mol. The third-order valence-corrected chi connectivity index (χ3v) is 4.22. The number of methoxy groups -OCH3 is 1. The second kappa shape index (κ2) is 10.4. The van der Waals surface area contributed by atoms with Crippen LogP contribution in [-0.2, 0) is 23.9 Å². The Morgan fingerprint density at radius 3 is 2.61 bits per heavy atom. The first-order valence-electron chi connectivity index (χ1n) is 9.10. The Hall–Kier alpha value is -2.94. The molecule has 0 bridgehead atoms. The summed E-state index contributed by atoms with van der Waals surface area (Å²) in [6, 6.07) is 5.61. The number of piperazine rings is 1. The second-order valence-electron chi connectivity index (χ2n) is 6.32. The number of rotatable bonds is 8. The fourth-order valence-electron chi connectivity index (χ4n) is 2.77. The summed E-state index contributed by atoms with van der Waals surface area (Å²) in [6.45, 7) is 3.07. The van der Waals surface area contributed by atoms with Crippen molar-refractivity contribution in [2.24, 2.45) is 0 Å². The molecule has 0 spiro atoms. The number of esters is 2. The molecule has 1 aromatic rings. The van der Waals surface area contributed by atoms with E-state index in [1.807, 2.05) is 6.92 Å². The summed E-state index contributed by atoms with van der Waals surface area (Å²) in [7, 11) is 1.25. The van der Waals surface area contributed by atoms with Crippen LogP contribution in [0.3, 0.4) is 0 Å². The lowest BCUT2D eigenvalue weighted by atomic mass is 10.1. The Bertz CT molecular complexity index is 719. The third-order valence-electron chi connectivity index (χ3n) is 4.22. The first-order chi connectivity index (χ1) is 13.4. The van der Waals surface area contributed by atoms with E-state index in [4.69, 9.17) is 4.74 Å². The van der Waals surface area contributed by atoms with Gasteiger partial charge in [0.25, 0.3) is 0 Å². The molecule has 2 rings (SSSR count). The summed E-state index contributed by atoms with van der Waals surface area (Å²) >= 11 is 0. The average Bonchev–Trinajstić information content (AvgIpc) is 2.69. The molecular formula is C19H25N3O6. The Kier molecular flexibility index (Phi) is 7.94. The third kappa shape index (κ3) is 6.05. The lowest BCUT2D eigenvalue weighted by Gasteiger charge is -2.33. The van der Waals surface area contributed by atoms with Crippen LogP contribution in [0.25, 0.3) is 0 Å². The van der Waals surface area contributed by atoms with Crippen molar-refractivity contribution >= 4 is 29.4 Å². The van der Waals surface area contributed by atoms with Crippen LogP contribution >= 0.6 is 0 Å². The Morgan fingerprint density at radius 1 is 1.25 bits per heavy atom. The topological polar surface area (TPSA) is 114 Å². The average molecular weight is 391 g/mol. The van der Waals surface area contributed by atoms with Gasteiger partial charge in [0.05, 0.1) is 32.2 Å². The molecule has 152 valence electrons. The SMILES string of the molecule is CCCOC(=O)c1ccc(NC(=O)CN2CCNC(=O)C2CC(=O)OC)cc1. The van der Waals surface area contributed by atoms with Gasteiger partial charge in [-0.3, -0.25) is 19.3 Å². The minimum Gasteiger partial charge on any atom is -0.469 e. The van der Waals surface area contributed by atoms with Crippen molar-refractivity contribution in [2.75, 3.05) is 38.7 Å². The predicted molar refractivity (Wildman–Crippen MR) is 101 cm³/mol. The van der Waals surface area contributed by atoms with Gasteiger partial charge in [-0.2, -0.15) is 0 Å². The van der Waals surface area contributed by atoms with E-state index in [-0.39, 0.29) is 24.8 Å². The fourth-order valence-corrected chi connectivity index (χ4v) is 2.77. The van der Waals surface area contributed by atoms with E-state index >= 15 is 0 Å². The molecule has 1 aromatic carbocycles. The lowest BCUT2D eigenvalue weighted by molar-refractivity contribution is -0.146. The van der Waals surface area contributed by atoms with Gasteiger partial charge in [0.1, 0.15) is 6.04 Å². The van der Waals surface area contributed by atoms with E-state index in [2.05, 4.69) is 15.4 Å². The van der Waals surface area contributed by atoms with Crippen LogP contribution in [-0.4, -0.2) is 68.0 Å². The minimum atomic E-state index is -0.748. The highest BCUT2D eigenvalue weighted by Gasteiger charge is 2.33. The minimum absolute atomic E-state index is 0.0463. The molecule has 1 heterocycles. The molecule has 2 amide bonds. The van der Waals surface area contributed by atoms with E-state index in [0.717, 1.165) is 6.42 Å². The number of ether oxygens (including phenoxy) is 2. The van der Waals surface area contributed by atoms with Gasteiger partial charge in [-0.05, 0) is 30.7 Å². The molecule has 28 heavy (non-hydrogen) atoms. The van der Waals surface area contributed by atoms with Crippen LogP contribution < -0.4 is 10.6 Å². The summed E-state index contributed by atoms with van der Waals surface area (Å²) in [5.41, 5.74) is 0.917. The van der Waals surface area contributed by atoms with Crippen LogP contribution in [0.5, 0.6) is 0 Å². The van der Waals surface area contributed by atoms with Crippen molar-refractivity contribution in [2.45, 2.75) is 25.8 Å². The molecule has 1 saturated heterocycles.